The number of allylic oxidation sites excluding steroid dienone is 3. The molecule has 0 saturated heterocycles. The van der Waals surface area contributed by atoms with Crippen molar-refractivity contribution in [2.24, 2.45) is 0 Å². The number of thiophene rings is 1. The minimum atomic E-state index is -4.51. The lowest BCUT2D eigenvalue weighted by Crippen LogP contribution is -2.35. The topological polar surface area (TPSA) is 58.2 Å². The van der Waals surface area contributed by atoms with Crippen molar-refractivity contribution in [3.05, 3.63) is 68.9 Å². The van der Waals surface area contributed by atoms with Crippen LogP contribution in [-0.4, -0.2) is 17.9 Å². The fourth-order valence-electron chi connectivity index (χ4n) is 4.44. The Balaban J connectivity index is 1.78. The average Bonchev–Trinajstić information content (AvgIpc) is 3.13. The number of dihydropyridines is 1. The van der Waals surface area contributed by atoms with Crippen LogP contribution in [0.25, 0.3) is 0 Å². The molecule has 2 aromatic rings. The van der Waals surface area contributed by atoms with Crippen LogP contribution in [0.15, 0.2) is 57.1 Å². The number of anilines is 1. The van der Waals surface area contributed by atoms with Gasteiger partial charge in [-0.2, -0.15) is 13.2 Å². The van der Waals surface area contributed by atoms with Gasteiger partial charge in [0.15, 0.2) is 5.78 Å². The molecule has 4 rings (SSSR count). The summed E-state index contributed by atoms with van der Waals surface area (Å²) in [5.74, 6) is -1.08. The Morgan fingerprint density at radius 1 is 1.21 bits per heavy atom. The molecule has 0 spiro atoms. The molecule has 174 valence electrons. The lowest BCUT2D eigenvalue weighted by Gasteiger charge is -2.34. The van der Waals surface area contributed by atoms with Gasteiger partial charge in [-0.3, -0.25) is 9.59 Å². The van der Waals surface area contributed by atoms with Crippen molar-refractivity contribution in [1.82, 2.24) is 5.32 Å². The highest BCUT2D eigenvalue weighted by atomic mass is 32.2. The fraction of sp³-hybridized carbons (Fsp3) is 0.333. The summed E-state index contributed by atoms with van der Waals surface area (Å²) in [4.78, 5) is 27.6. The Morgan fingerprint density at radius 2 is 1.97 bits per heavy atom. The molecule has 2 heterocycles. The molecule has 1 aliphatic heterocycles. The number of ketones is 1. The largest absolute Gasteiger partial charge is 0.416 e. The predicted molar refractivity (Wildman–Crippen MR) is 125 cm³/mol. The smallest absolute Gasteiger partial charge is 0.362 e. The van der Waals surface area contributed by atoms with Gasteiger partial charge in [0.2, 0.25) is 0 Å². The zero-order valence-corrected chi connectivity index (χ0v) is 20.0. The fourth-order valence-corrected chi connectivity index (χ4v) is 6.35. The first kappa shape index (κ1) is 23.6. The second-order valence-corrected chi connectivity index (χ2v) is 10.4. The first-order valence-electron chi connectivity index (χ1n) is 10.5. The maximum absolute atomic E-state index is 13.5. The number of amides is 1. The molecule has 2 N–H and O–H groups in total. The number of hydrogen-bond donors (Lipinski definition) is 2. The van der Waals surface area contributed by atoms with Crippen LogP contribution in [0, 0.1) is 6.92 Å². The van der Waals surface area contributed by atoms with E-state index in [2.05, 4.69) is 10.6 Å². The molecule has 2 aliphatic rings. The van der Waals surface area contributed by atoms with E-state index in [1.165, 1.54) is 12.1 Å². The van der Waals surface area contributed by atoms with Crippen molar-refractivity contribution < 1.29 is 22.8 Å². The van der Waals surface area contributed by atoms with E-state index < -0.39 is 23.6 Å². The standard InChI is InChI=1S/C24H23F3N2O2S2/c1-12-10-16(23(32-3)33-12)20-19(13(2)28-17-8-5-9-18(30)21(17)20)22(31)29-15-7-4-6-14(11-15)24(25,26)27/h4,6-7,10-11,20,28H,5,8-9H2,1-3H3,(H,29,31)/t20-/m1/s1. The predicted octanol–water partition coefficient (Wildman–Crippen LogP) is 6.40. The molecule has 1 atom stereocenters. The van der Waals surface area contributed by atoms with Crippen LogP contribution in [0.5, 0.6) is 0 Å². The van der Waals surface area contributed by atoms with Gasteiger partial charge in [-0.15, -0.1) is 23.1 Å². The summed E-state index contributed by atoms with van der Waals surface area (Å²) in [6.07, 6.45) is -0.687. The number of hydrogen-bond acceptors (Lipinski definition) is 5. The number of carbonyl (C=O) groups is 2. The summed E-state index contributed by atoms with van der Waals surface area (Å²) in [6, 6.07) is 6.56. The van der Waals surface area contributed by atoms with Crippen molar-refractivity contribution in [1.29, 1.82) is 0 Å². The Labute approximate surface area is 198 Å². The minimum absolute atomic E-state index is 0.00141. The van der Waals surface area contributed by atoms with Gasteiger partial charge in [0.25, 0.3) is 5.91 Å². The van der Waals surface area contributed by atoms with Crippen molar-refractivity contribution in [3.63, 3.8) is 0 Å². The number of aryl methyl sites for hydroxylation is 1. The molecule has 1 aromatic carbocycles. The molecule has 1 aliphatic carbocycles. The van der Waals surface area contributed by atoms with Gasteiger partial charge < -0.3 is 10.6 Å². The molecule has 4 nitrogen and oxygen atoms in total. The molecule has 0 saturated carbocycles. The summed E-state index contributed by atoms with van der Waals surface area (Å²) >= 11 is 3.16. The lowest BCUT2D eigenvalue weighted by molar-refractivity contribution is -0.137. The van der Waals surface area contributed by atoms with Crippen LogP contribution in [-0.2, 0) is 15.8 Å². The number of Topliss-reactive ketones (excluding diaryl/α,β-unsaturated/α-hetero) is 1. The highest BCUT2D eigenvalue weighted by molar-refractivity contribution is 8.00. The Hall–Kier alpha value is -2.52. The number of rotatable bonds is 4. The molecule has 0 radical (unpaired) electrons. The zero-order valence-electron chi connectivity index (χ0n) is 18.4. The van der Waals surface area contributed by atoms with Crippen LogP contribution in [0.4, 0.5) is 18.9 Å². The van der Waals surface area contributed by atoms with E-state index in [4.69, 9.17) is 0 Å². The van der Waals surface area contributed by atoms with E-state index in [1.54, 1.807) is 30.0 Å². The summed E-state index contributed by atoms with van der Waals surface area (Å²) in [5, 5.41) is 5.87. The van der Waals surface area contributed by atoms with E-state index in [1.807, 2.05) is 19.2 Å². The zero-order chi connectivity index (χ0) is 23.9. The number of halogens is 3. The number of alkyl halides is 3. The second-order valence-electron chi connectivity index (χ2n) is 8.10. The average molecular weight is 493 g/mol. The SMILES string of the molecule is CSc1sc(C)cc1[C@@H]1C(C(=O)Nc2cccc(C(F)(F)F)c2)=C(C)NC2=C1C(=O)CCC2. The van der Waals surface area contributed by atoms with Gasteiger partial charge in [-0.05, 0) is 62.8 Å². The Kier molecular flexibility index (Phi) is 6.46. The molecule has 0 bridgehead atoms. The van der Waals surface area contributed by atoms with Crippen molar-refractivity contribution >= 4 is 40.5 Å². The highest BCUT2D eigenvalue weighted by Gasteiger charge is 2.40. The molecule has 1 amide bonds. The van der Waals surface area contributed by atoms with E-state index in [-0.39, 0.29) is 11.5 Å². The minimum Gasteiger partial charge on any atom is -0.362 e. The molecular formula is C24H23F3N2O2S2. The Bertz CT molecular complexity index is 1190. The monoisotopic (exact) mass is 492 g/mol. The quantitative estimate of drug-likeness (QED) is 0.485. The first-order chi connectivity index (χ1) is 15.6. The number of carbonyl (C=O) groups excluding carboxylic acids is 2. The van der Waals surface area contributed by atoms with E-state index in [0.717, 1.165) is 45.3 Å². The third-order valence-corrected chi connectivity index (χ3v) is 8.03. The van der Waals surface area contributed by atoms with Crippen LogP contribution in [0.2, 0.25) is 0 Å². The summed E-state index contributed by atoms with van der Waals surface area (Å²) < 4.78 is 40.4. The second kappa shape index (κ2) is 9.02. The summed E-state index contributed by atoms with van der Waals surface area (Å²) in [7, 11) is 0. The molecule has 0 unspecified atom stereocenters. The number of nitrogens with one attached hydrogen (secondary N) is 2. The lowest BCUT2D eigenvalue weighted by atomic mass is 9.75. The number of benzene rings is 1. The third-order valence-electron chi connectivity index (χ3n) is 5.81. The highest BCUT2D eigenvalue weighted by Crippen LogP contribution is 2.47. The third kappa shape index (κ3) is 4.61. The van der Waals surface area contributed by atoms with Gasteiger partial charge in [0.1, 0.15) is 0 Å². The van der Waals surface area contributed by atoms with Crippen LogP contribution >= 0.6 is 23.1 Å². The molecule has 9 heteroatoms. The summed E-state index contributed by atoms with van der Waals surface area (Å²) in [6.45, 7) is 3.75. The normalized spacial score (nSPS) is 18.8. The van der Waals surface area contributed by atoms with Crippen molar-refractivity contribution in [2.45, 2.75) is 49.4 Å². The summed E-state index contributed by atoms with van der Waals surface area (Å²) in [5.41, 5.74) is 2.49. The van der Waals surface area contributed by atoms with Gasteiger partial charge >= 0.3 is 6.18 Å². The van der Waals surface area contributed by atoms with E-state index in [9.17, 15) is 22.8 Å². The van der Waals surface area contributed by atoms with Crippen LogP contribution in [0.3, 0.4) is 0 Å². The van der Waals surface area contributed by atoms with Gasteiger partial charge in [0, 0.05) is 45.4 Å². The van der Waals surface area contributed by atoms with Gasteiger partial charge in [0.05, 0.1) is 9.77 Å². The molecule has 33 heavy (non-hydrogen) atoms. The van der Waals surface area contributed by atoms with Crippen molar-refractivity contribution in [3.8, 4) is 0 Å². The Morgan fingerprint density at radius 3 is 2.67 bits per heavy atom. The maximum atomic E-state index is 13.5. The van der Waals surface area contributed by atoms with Gasteiger partial charge in [-0.1, -0.05) is 6.07 Å². The number of thioether (sulfide) groups is 1. The van der Waals surface area contributed by atoms with Crippen molar-refractivity contribution in [2.75, 3.05) is 11.6 Å². The van der Waals surface area contributed by atoms with Gasteiger partial charge in [-0.25, -0.2) is 0 Å². The van der Waals surface area contributed by atoms with E-state index >= 15 is 0 Å². The van der Waals surface area contributed by atoms with Crippen LogP contribution < -0.4 is 10.6 Å². The van der Waals surface area contributed by atoms with E-state index in [0.29, 0.717) is 23.3 Å². The molecule has 1 aromatic heterocycles. The maximum Gasteiger partial charge on any atom is 0.416 e. The first-order valence-corrected chi connectivity index (χ1v) is 12.5. The molecular weight excluding hydrogens is 469 g/mol. The molecule has 0 fully saturated rings. The van der Waals surface area contributed by atoms with Crippen LogP contribution in [0.1, 0.15) is 48.1 Å².